The largest absolute Gasteiger partial charge is 0.489 e. The molecule has 4 heteroatoms. The normalized spacial score (nSPS) is 25.0. The number of methoxy groups -OCH3 is 1. The van der Waals surface area contributed by atoms with Gasteiger partial charge in [-0.1, -0.05) is 18.0 Å². The number of carbonyl (C=O) groups excluding carboxylic acids is 1. The Bertz CT molecular complexity index is 498. The van der Waals surface area contributed by atoms with E-state index >= 15 is 0 Å². The number of benzene rings is 1. The zero-order valence-corrected chi connectivity index (χ0v) is 11.0. The fourth-order valence-corrected chi connectivity index (χ4v) is 3.25. The summed E-state index contributed by atoms with van der Waals surface area (Å²) in [6.45, 7) is 0. The van der Waals surface area contributed by atoms with Crippen molar-refractivity contribution in [3.05, 3.63) is 28.3 Å². The summed E-state index contributed by atoms with van der Waals surface area (Å²) < 4.78 is 10.8. The zero-order valence-electron chi connectivity index (χ0n) is 10.2. The Labute approximate surface area is 111 Å². The van der Waals surface area contributed by atoms with Gasteiger partial charge in [0.15, 0.2) is 0 Å². The molecule has 2 unspecified atom stereocenters. The van der Waals surface area contributed by atoms with Gasteiger partial charge in [-0.3, -0.25) is 0 Å². The van der Waals surface area contributed by atoms with Crippen LogP contribution in [0.2, 0.25) is 5.02 Å². The third-order valence-electron chi connectivity index (χ3n) is 3.86. The van der Waals surface area contributed by atoms with Crippen molar-refractivity contribution in [1.29, 1.82) is 0 Å². The highest BCUT2D eigenvalue weighted by Crippen LogP contribution is 2.48. The van der Waals surface area contributed by atoms with E-state index in [4.69, 9.17) is 21.1 Å². The number of esters is 1. The second kappa shape index (κ2) is 4.47. The van der Waals surface area contributed by atoms with Gasteiger partial charge in [-0.25, -0.2) is 4.79 Å². The van der Waals surface area contributed by atoms with E-state index in [0.29, 0.717) is 22.3 Å². The average molecular weight is 267 g/mol. The smallest absolute Gasteiger partial charge is 0.341 e. The van der Waals surface area contributed by atoms with Crippen LogP contribution in [0.25, 0.3) is 0 Å². The van der Waals surface area contributed by atoms with Crippen molar-refractivity contribution >= 4 is 17.6 Å². The van der Waals surface area contributed by atoms with Crippen LogP contribution >= 0.6 is 11.6 Å². The second-order valence-electron chi connectivity index (χ2n) is 4.91. The monoisotopic (exact) mass is 266 g/mol. The van der Waals surface area contributed by atoms with E-state index in [1.54, 1.807) is 6.07 Å². The van der Waals surface area contributed by atoms with Crippen molar-refractivity contribution in [1.82, 2.24) is 0 Å². The molecule has 0 N–H and O–H groups in total. The molecule has 2 atom stereocenters. The summed E-state index contributed by atoms with van der Waals surface area (Å²) in [6.07, 6.45) is 4.77. The summed E-state index contributed by atoms with van der Waals surface area (Å²) in [5.74, 6) is 0.686. The number of ether oxygens (including phenoxy) is 2. The lowest BCUT2D eigenvalue weighted by atomic mass is 9.83. The number of hydrogen-bond donors (Lipinski definition) is 0. The molecule has 0 radical (unpaired) electrons. The van der Waals surface area contributed by atoms with Gasteiger partial charge in [0.2, 0.25) is 0 Å². The molecule has 3 nitrogen and oxygen atoms in total. The van der Waals surface area contributed by atoms with Crippen molar-refractivity contribution in [2.75, 3.05) is 7.11 Å². The van der Waals surface area contributed by atoms with Crippen molar-refractivity contribution < 1.29 is 14.3 Å². The Morgan fingerprint density at radius 1 is 1.39 bits per heavy atom. The summed E-state index contributed by atoms with van der Waals surface area (Å²) in [4.78, 5) is 11.8. The van der Waals surface area contributed by atoms with E-state index in [9.17, 15) is 4.79 Å². The van der Waals surface area contributed by atoms with Gasteiger partial charge in [0.05, 0.1) is 7.11 Å². The molecule has 1 heterocycles. The molecule has 96 valence electrons. The summed E-state index contributed by atoms with van der Waals surface area (Å²) >= 11 is 6.10. The summed E-state index contributed by atoms with van der Waals surface area (Å²) in [5.41, 5.74) is 1.53. The molecule has 18 heavy (non-hydrogen) atoms. The molecule has 1 aromatic rings. The van der Waals surface area contributed by atoms with Crippen LogP contribution in [-0.2, 0) is 4.74 Å². The number of carbonyl (C=O) groups is 1. The van der Waals surface area contributed by atoms with Crippen LogP contribution in [0.1, 0.15) is 47.5 Å². The second-order valence-corrected chi connectivity index (χ2v) is 5.35. The average Bonchev–Trinajstić information content (AvgIpc) is 2.75. The van der Waals surface area contributed by atoms with Gasteiger partial charge >= 0.3 is 5.97 Å². The van der Waals surface area contributed by atoms with Crippen LogP contribution in [0.3, 0.4) is 0 Å². The number of hydrogen-bond acceptors (Lipinski definition) is 3. The maximum atomic E-state index is 11.8. The summed E-state index contributed by atoms with van der Waals surface area (Å²) in [6, 6.07) is 3.56. The highest BCUT2D eigenvalue weighted by atomic mass is 35.5. The molecular weight excluding hydrogens is 252 g/mol. The Morgan fingerprint density at radius 2 is 2.17 bits per heavy atom. The molecule has 1 aromatic carbocycles. The SMILES string of the molecule is COC(=O)c1cc(Cl)cc2c1OC1CCCCC21. The fraction of sp³-hybridized carbons (Fsp3) is 0.500. The van der Waals surface area contributed by atoms with E-state index < -0.39 is 0 Å². The lowest BCUT2D eigenvalue weighted by Gasteiger charge is -2.23. The molecule has 1 saturated carbocycles. The van der Waals surface area contributed by atoms with Crippen molar-refractivity contribution in [3.8, 4) is 5.75 Å². The first-order valence-electron chi connectivity index (χ1n) is 6.29. The molecule has 0 spiro atoms. The Kier molecular flexibility index (Phi) is 2.94. The maximum absolute atomic E-state index is 11.8. The molecule has 3 rings (SSSR count). The van der Waals surface area contributed by atoms with Gasteiger partial charge in [-0.05, 0) is 31.4 Å². The minimum Gasteiger partial charge on any atom is -0.489 e. The summed E-state index contributed by atoms with van der Waals surface area (Å²) in [5, 5.41) is 0.573. The third-order valence-corrected chi connectivity index (χ3v) is 4.08. The minimum atomic E-state index is -0.382. The quantitative estimate of drug-likeness (QED) is 0.730. The molecule has 0 aromatic heterocycles. The first-order chi connectivity index (χ1) is 8.70. The van der Waals surface area contributed by atoms with E-state index in [1.165, 1.54) is 20.0 Å². The van der Waals surface area contributed by atoms with Gasteiger partial charge in [0.1, 0.15) is 17.4 Å². The number of fused-ring (bicyclic) bond motifs is 3. The predicted molar refractivity (Wildman–Crippen MR) is 68.4 cm³/mol. The van der Waals surface area contributed by atoms with E-state index in [2.05, 4.69) is 0 Å². The molecule has 2 aliphatic rings. The molecule has 0 bridgehead atoms. The molecule has 1 aliphatic heterocycles. The maximum Gasteiger partial charge on any atom is 0.341 e. The molecular formula is C14H15ClO3. The number of halogens is 1. The van der Waals surface area contributed by atoms with Crippen LogP contribution in [0.4, 0.5) is 0 Å². The highest BCUT2D eigenvalue weighted by Gasteiger charge is 2.38. The van der Waals surface area contributed by atoms with Crippen LogP contribution < -0.4 is 4.74 Å². The van der Waals surface area contributed by atoms with Crippen LogP contribution in [0.15, 0.2) is 12.1 Å². The van der Waals surface area contributed by atoms with Crippen LogP contribution in [0.5, 0.6) is 5.75 Å². The molecule has 0 amide bonds. The molecule has 1 aliphatic carbocycles. The minimum absolute atomic E-state index is 0.204. The lowest BCUT2D eigenvalue weighted by Crippen LogP contribution is -2.22. The molecule has 0 saturated heterocycles. The Hall–Kier alpha value is -1.22. The first-order valence-corrected chi connectivity index (χ1v) is 6.67. The Morgan fingerprint density at radius 3 is 2.94 bits per heavy atom. The summed E-state index contributed by atoms with van der Waals surface area (Å²) in [7, 11) is 1.37. The van der Waals surface area contributed by atoms with E-state index in [0.717, 1.165) is 18.4 Å². The molecule has 1 fully saturated rings. The van der Waals surface area contributed by atoms with Crippen LogP contribution in [0, 0.1) is 0 Å². The van der Waals surface area contributed by atoms with Crippen LogP contribution in [-0.4, -0.2) is 19.2 Å². The van der Waals surface area contributed by atoms with E-state index in [-0.39, 0.29) is 12.1 Å². The van der Waals surface area contributed by atoms with E-state index in [1.807, 2.05) is 6.07 Å². The van der Waals surface area contributed by atoms with Gasteiger partial charge in [0, 0.05) is 16.5 Å². The van der Waals surface area contributed by atoms with Gasteiger partial charge in [-0.2, -0.15) is 0 Å². The lowest BCUT2D eigenvalue weighted by molar-refractivity contribution is 0.0593. The number of rotatable bonds is 1. The fourth-order valence-electron chi connectivity index (χ4n) is 3.03. The van der Waals surface area contributed by atoms with Gasteiger partial charge in [0.25, 0.3) is 0 Å². The zero-order chi connectivity index (χ0) is 12.7. The van der Waals surface area contributed by atoms with Gasteiger partial charge in [-0.15, -0.1) is 0 Å². The Balaban J connectivity index is 2.08. The predicted octanol–water partition coefficient (Wildman–Crippen LogP) is 3.55. The van der Waals surface area contributed by atoms with Crippen molar-refractivity contribution in [2.45, 2.75) is 37.7 Å². The highest BCUT2D eigenvalue weighted by molar-refractivity contribution is 6.31. The van der Waals surface area contributed by atoms with Crippen molar-refractivity contribution in [3.63, 3.8) is 0 Å². The topological polar surface area (TPSA) is 35.5 Å². The first kappa shape index (κ1) is 11.8. The van der Waals surface area contributed by atoms with Gasteiger partial charge < -0.3 is 9.47 Å². The third kappa shape index (κ3) is 1.77. The standard InChI is InChI=1S/C14H15ClO3/c1-17-14(16)11-7-8(15)6-10-9-4-2-3-5-12(9)18-13(10)11/h6-7,9,12H,2-5H2,1H3. The van der Waals surface area contributed by atoms with Crippen molar-refractivity contribution in [2.24, 2.45) is 0 Å².